The van der Waals surface area contributed by atoms with Gasteiger partial charge in [0.15, 0.2) is 5.13 Å². The molecule has 0 aliphatic carbocycles. The number of fused-ring (bicyclic) bond motifs is 1. The molecule has 0 saturated carbocycles. The second kappa shape index (κ2) is 16.7. The summed E-state index contributed by atoms with van der Waals surface area (Å²) in [5.41, 5.74) is 4.45. The summed E-state index contributed by atoms with van der Waals surface area (Å²) < 4.78 is 21.1. The number of amides is 3. The molecule has 2 aliphatic rings. The number of nitrogens with zero attached hydrogens (tertiary/aromatic N) is 8. The minimum Gasteiger partial charge on any atom is -0.444 e. The van der Waals surface area contributed by atoms with Crippen LogP contribution in [-0.2, 0) is 45.3 Å². The summed E-state index contributed by atoms with van der Waals surface area (Å²) in [6.45, 7) is 9.76. The molecule has 0 radical (unpaired) electrons. The zero-order valence-corrected chi connectivity index (χ0v) is 31.4. The fourth-order valence-electron chi connectivity index (χ4n) is 4.18. The van der Waals surface area contributed by atoms with Crippen LogP contribution in [-0.4, -0.2) is 118 Å². The largest absolute Gasteiger partial charge is 0.444 e. The van der Waals surface area contributed by atoms with Gasteiger partial charge < -0.3 is 35.4 Å². The fraction of sp³-hybridized carbons (Fsp3) is 0.607. The van der Waals surface area contributed by atoms with Crippen molar-refractivity contribution >= 4 is 75.7 Å². The number of nitrogens with two attached hydrogens (primary N) is 1. The molecule has 278 valence electrons. The number of carbonyl (C=O) groups excluding carboxylic acids is 5. The zero-order chi connectivity index (χ0) is 37.5. The standard InChI is InChI=1S/C28H39N11O9S3/c1-27(2,3)23(43)46-13-45-22(42)17-14(12-50-25-33-36-37-38(25)7)11-49-21-16(20(41)39(17)21)31-19(40)15(18-32-24(29)51-35-18)34-47-10-8-9-30-26(44)48-28(4,5)6/h16,21H,8-13H2,1-7H3,(H,30,44)(H,31,40)(H2,29,32,35)/t16?,21-/m0/s1. The number of carbonyl (C=O) groups is 5. The first kappa shape index (κ1) is 39.3. The maximum Gasteiger partial charge on any atom is 0.407 e. The molecular formula is C28H39N11O9S3. The molecule has 2 aromatic rings. The van der Waals surface area contributed by atoms with E-state index in [1.165, 1.54) is 33.1 Å². The van der Waals surface area contributed by atoms with Crippen molar-refractivity contribution in [2.24, 2.45) is 17.6 Å². The van der Waals surface area contributed by atoms with E-state index in [9.17, 15) is 24.0 Å². The van der Waals surface area contributed by atoms with Crippen LogP contribution in [0.1, 0.15) is 53.8 Å². The highest BCUT2D eigenvalue weighted by molar-refractivity contribution is 8.01. The van der Waals surface area contributed by atoms with Gasteiger partial charge in [0.25, 0.3) is 11.8 Å². The molecule has 0 aromatic carbocycles. The molecule has 4 N–H and O–H groups in total. The Kier molecular flexibility index (Phi) is 12.8. The summed E-state index contributed by atoms with van der Waals surface area (Å²) in [6.07, 6.45) is -0.259. The van der Waals surface area contributed by atoms with Crippen LogP contribution in [0.2, 0.25) is 0 Å². The quantitative estimate of drug-likeness (QED) is 0.0457. The number of thioether (sulfide) groups is 2. The molecule has 23 heteroatoms. The van der Waals surface area contributed by atoms with Gasteiger partial charge in [-0.25, -0.2) is 14.3 Å². The number of esters is 2. The molecular weight excluding hydrogens is 731 g/mol. The topological polar surface area (TPSA) is 257 Å². The average molecular weight is 770 g/mol. The van der Waals surface area contributed by atoms with Gasteiger partial charge in [0, 0.05) is 43.1 Å². The zero-order valence-electron chi connectivity index (χ0n) is 29.0. The minimum atomic E-state index is -1.07. The van der Waals surface area contributed by atoms with Gasteiger partial charge in [-0.15, -0.1) is 16.9 Å². The van der Waals surface area contributed by atoms with Crippen molar-refractivity contribution in [1.29, 1.82) is 0 Å². The van der Waals surface area contributed by atoms with E-state index in [1.54, 1.807) is 48.6 Å². The molecule has 4 rings (SSSR count). The number of tetrazole rings is 1. The lowest BCUT2D eigenvalue weighted by Crippen LogP contribution is -2.71. The number of nitrogen functional groups attached to an aromatic ring is 1. The number of anilines is 1. The molecule has 51 heavy (non-hydrogen) atoms. The summed E-state index contributed by atoms with van der Waals surface area (Å²) in [6, 6.07) is -1.07. The van der Waals surface area contributed by atoms with Crippen LogP contribution in [0.25, 0.3) is 0 Å². The van der Waals surface area contributed by atoms with Gasteiger partial charge in [-0.3, -0.25) is 19.3 Å². The summed E-state index contributed by atoms with van der Waals surface area (Å²) >= 11 is 3.40. The third-order valence-electron chi connectivity index (χ3n) is 6.58. The maximum atomic E-state index is 13.6. The van der Waals surface area contributed by atoms with Crippen molar-refractivity contribution in [2.75, 3.05) is 37.2 Å². The molecule has 2 atom stereocenters. The molecule has 1 fully saturated rings. The highest BCUT2D eigenvalue weighted by atomic mass is 32.2. The molecule has 3 amide bonds. The van der Waals surface area contributed by atoms with E-state index >= 15 is 0 Å². The Bertz CT molecular complexity index is 1700. The first-order chi connectivity index (χ1) is 24.0. The van der Waals surface area contributed by atoms with Crippen molar-refractivity contribution in [3.8, 4) is 0 Å². The highest BCUT2D eigenvalue weighted by Crippen LogP contribution is 2.42. The van der Waals surface area contributed by atoms with Crippen molar-refractivity contribution in [2.45, 2.75) is 70.1 Å². The maximum absolute atomic E-state index is 13.6. The predicted octanol–water partition coefficient (Wildman–Crippen LogP) is 0.816. The Balaban J connectivity index is 1.44. The van der Waals surface area contributed by atoms with Gasteiger partial charge in [-0.2, -0.15) is 9.36 Å². The number of rotatable bonds is 14. The summed E-state index contributed by atoms with van der Waals surface area (Å²) in [4.78, 5) is 75.1. The van der Waals surface area contributed by atoms with E-state index in [2.05, 4.69) is 40.7 Å². The molecule has 2 aliphatic heterocycles. The van der Waals surface area contributed by atoms with Crippen LogP contribution < -0.4 is 16.4 Å². The third-order valence-corrected chi connectivity index (χ3v) is 9.56. The second-order valence-electron chi connectivity index (χ2n) is 12.9. The number of hydrogen-bond donors (Lipinski definition) is 3. The van der Waals surface area contributed by atoms with Gasteiger partial charge >= 0.3 is 18.0 Å². The summed E-state index contributed by atoms with van der Waals surface area (Å²) in [5.74, 6) is -2.47. The van der Waals surface area contributed by atoms with Crippen molar-refractivity contribution in [3.63, 3.8) is 0 Å². The molecule has 0 spiro atoms. The average Bonchev–Trinajstić information content (AvgIpc) is 3.67. The number of aromatic nitrogens is 6. The number of ether oxygens (including phenoxy) is 3. The van der Waals surface area contributed by atoms with Crippen LogP contribution in [0, 0.1) is 5.41 Å². The van der Waals surface area contributed by atoms with E-state index in [0.717, 1.165) is 11.5 Å². The lowest BCUT2D eigenvalue weighted by molar-refractivity contribution is -0.173. The van der Waals surface area contributed by atoms with Crippen LogP contribution in [0.15, 0.2) is 21.6 Å². The van der Waals surface area contributed by atoms with E-state index in [0.29, 0.717) is 17.2 Å². The minimum absolute atomic E-state index is 0.00727. The van der Waals surface area contributed by atoms with Gasteiger partial charge in [-0.1, -0.05) is 16.9 Å². The van der Waals surface area contributed by atoms with Crippen molar-refractivity contribution in [3.05, 3.63) is 17.1 Å². The van der Waals surface area contributed by atoms with Gasteiger partial charge in [0.2, 0.25) is 23.5 Å². The second-order valence-corrected chi connectivity index (χ2v) is 15.8. The summed E-state index contributed by atoms with van der Waals surface area (Å²) in [5, 5.41) is 20.4. The molecule has 1 saturated heterocycles. The Morgan fingerprint density at radius 1 is 1.14 bits per heavy atom. The highest BCUT2D eigenvalue weighted by Gasteiger charge is 2.55. The number of nitrogens with one attached hydrogen (secondary N) is 2. The first-order valence-corrected chi connectivity index (χ1v) is 18.2. The van der Waals surface area contributed by atoms with E-state index in [1.807, 2.05) is 0 Å². The number of alkyl carbamates (subject to hydrolysis) is 1. The first-order valence-electron chi connectivity index (χ1n) is 15.4. The van der Waals surface area contributed by atoms with E-state index in [4.69, 9.17) is 24.8 Å². The Morgan fingerprint density at radius 3 is 2.51 bits per heavy atom. The van der Waals surface area contributed by atoms with E-state index < -0.39 is 59.1 Å². The van der Waals surface area contributed by atoms with Crippen LogP contribution >= 0.6 is 35.1 Å². The van der Waals surface area contributed by atoms with E-state index in [-0.39, 0.29) is 47.0 Å². The number of β-lactam (4-membered cyclic amide) rings is 1. The normalized spacial score (nSPS) is 17.7. The van der Waals surface area contributed by atoms with Crippen LogP contribution in [0.3, 0.4) is 0 Å². The molecule has 4 heterocycles. The fourth-order valence-corrected chi connectivity index (χ4v) is 6.95. The smallest absolute Gasteiger partial charge is 0.407 e. The monoisotopic (exact) mass is 769 g/mol. The molecule has 1 unspecified atom stereocenters. The number of aryl methyl sites for hydroxylation is 1. The lowest BCUT2D eigenvalue weighted by atomic mass is 9.98. The van der Waals surface area contributed by atoms with Crippen LogP contribution in [0.4, 0.5) is 9.93 Å². The SMILES string of the molecule is Cn1nnnc1SCC1=C(C(=O)OCOC(=O)C(C)(C)C)N2C(=O)C(NC(=O)C(=NOCCCNC(=O)OC(C)(C)C)c3nsc(N)n3)[C@@H]2SC1. The third kappa shape index (κ3) is 10.5. The van der Waals surface area contributed by atoms with Crippen LogP contribution in [0.5, 0.6) is 0 Å². The molecule has 0 bridgehead atoms. The Hall–Kier alpha value is -4.51. The summed E-state index contributed by atoms with van der Waals surface area (Å²) in [7, 11) is 1.66. The molecule has 20 nitrogen and oxygen atoms in total. The molecule has 2 aromatic heterocycles. The number of hydrogen-bond acceptors (Lipinski definition) is 19. The van der Waals surface area contributed by atoms with Crippen molar-refractivity contribution < 1.29 is 43.0 Å². The lowest BCUT2D eigenvalue weighted by Gasteiger charge is -2.49. The Morgan fingerprint density at radius 2 is 1.88 bits per heavy atom. The van der Waals surface area contributed by atoms with Gasteiger partial charge in [0.1, 0.15) is 29.3 Å². The van der Waals surface area contributed by atoms with Crippen molar-refractivity contribution in [1.82, 2.24) is 45.1 Å². The number of oxime groups is 1. The van der Waals surface area contributed by atoms with Gasteiger partial charge in [0.05, 0.1) is 5.41 Å². The predicted molar refractivity (Wildman–Crippen MR) is 184 cm³/mol. The Labute approximate surface area is 305 Å². The van der Waals surface area contributed by atoms with Gasteiger partial charge in [-0.05, 0) is 57.5 Å².